The van der Waals surface area contributed by atoms with Crippen molar-refractivity contribution < 1.29 is 14.6 Å². The van der Waals surface area contributed by atoms with Crippen LogP contribution in [0.25, 0.3) is 10.9 Å². The zero-order chi connectivity index (χ0) is 16.8. The minimum Gasteiger partial charge on any atom is -0.492 e. The molecular formula is C18H21N3O3. The first-order valence-corrected chi connectivity index (χ1v) is 7.86. The Morgan fingerprint density at radius 2 is 2.04 bits per heavy atom. The van der Waals surface area contributed by atoms with Crippen LogP contribution in [-0.4, -0.2) is 42.1 Å². The van der Waals surface area contributed by atoms with Crippen LogP contribution in [0, 0.1) is 0 Å². The van der Waals surface area contributed by atoms with E-state index >= 15 is 0 Å². The summed E-state index contributed by atoms with van der Waals surface area (Å²) in [5.74, 6) is 1.34. The van der Waals surface area contributed by atoms with Crippen LogP contribution in [0.1, 0.15) is 11.7 Å². The lowest BCUT2D eigenvalue weighted by Crippen LogP contribution is -2.26. The van der Waals surface area contributed by atoms with Gasteiger partial charge < -0.3 is 19.9 Å². The van der Waals surface area contributed by atoms with Gasteiger partial charge in [0.05, 0.1) is 24.1 Å². The largest absolute Gasteiger partial charge is 0.492 e. The lowest BCUT2D eigenvalue weighted by Gasteiger charge is -2.12. The van der Waals surface area contributed by atoms with Gasteiger partial charge in [0.1, 0.15) is 12.4 Å². The topological polar surface area (TPSA) is 79.4 Å². The van der Waals surface area contributed by atoms with Crippen molar-refractivity contribution in [1.82, 2.24) is 15.5 Å². The van der Waals surface area contributed by atoms with Gasteiger partial charge in [-0.05, 0) is 17.7 Å². The second kappa shape index (κ2) is 7.81. The van der Waals surface area contributed by atoms with Gasteiger partial charge in [-0.3, -0.25) is 5.10 Å². The van der Waals surface area contributed by atoms with Crippen molar-refractivity contribution in [3.05, 3.63) is 54.1 Å². The van der Waals surface area contributed by atoms with Crippen LogP contribution in [-0.2, 0) is 0 Å². The van der Waals surface area contributed by atoms with Crippen LogP contribution < -0.4 is 14.8 Å². The molecule has 0 amide bonds. The Kier molecular flexibility index (Phi) is 5.30. The number of fused-ring (bicyclic) bond motifs is 1. The molecule has 3 N–H and O–H groups in total. The molecule has 1 aromatic heterocycles. The first kappa shape index (κ1) is 16.3. The molecule has 0 bridgehead atoms. The highest BCUT2D eigenvalue weighted by molar-refractivity contribution is 5.85. The summed E-state index contributed by atoms with van der Waals surface area (Å²) in [5.41, 5.74) is 1.78. The summed E-state index contributed by atoms with van der Waals surface area (Å²) < 4.78 is 10.9. The normalized spacial score (nSPS) is 12.2. The lowest BCUT2D eigenvalue weighted by molar-refractivity contribution is 0.172. The quantitative estimate of drug-likeness (QED) is 0.553. The van der Waals surface area contributed by atoms with Crippen LogP contribution in [0.5, 0.6) is 11.6 Å². The van der Waals surface area contributed by atoms with Crippen LogP contribution in [0.3, 0.4) is 0 Å². The number of methoxy groups -OCH3 is 1. The maximum absolute atomic E-state index is 10.1. The van der Waals surface area contributed by atoms with E-state index in [9.17, 15) is 5.11 Å². The number of nitrogens with zero attached hydrogens (tertiary/aromatic N) is 1. The molecule has 0 saturated carbocycles. The summed E-state index contributed by atoms with van der Waals surface area (Å²) in [5, 5.41) is 21.1. The fraction of sp³-hybridized carbons (Fsp3) is 0.278. The molecule has 3 aromatic rings. The molecule has 0 radical (unpaired) electrons. The summed E-state index contributed by atoms with van der Waals surface area (Å²) in [6, 6.07) is 15.3. The standard InChI is InChI=1S/C18H21N3O3/c1-23-18-15-8-7-14(11-16(15)20-21-18)24-10-9-19-12-17(22)13-5-3-2-4-6-13/h2-8,11,17,19,22H,9-10,12H2,1H3,(H,20,21). The van der Waals surface area contributed by atoms with Crippen molar-refractivity contribution in [1.29, 1.82) is 0 Å². The average Bonchev–Trinajstić information content (AvgIpc) is 3.04. The number of benzene rings is 2. The molecule has 0 spiro atoms. The first-order valence-electron chi connectivity index (χ1n) is 7.86. The van der Waals surface area contributed by atoms with Gasteiger partial charge in [0.25, 0.3) is 0 Å². The van der Waals surface area contributed by atoms with Crippen LogP contribution in [0.4, 0.5) is 0 Å². The molecule has 3 rings (SSSR count). The molecule has 24 heavy (non-hydrogen) atoms. The minimum absolute atomic E-state index is 0.490. The third-order valence-corrected chi connectivity index (χ3v) is 3.76. The van der Waals surface area contributed by atoms with Crippen LogP contribution in [0.2, 0.25) is 0 Å². The van der Waals surface area contributed by atoms with Crippen molar-refractivity contribution >= 4 is 10.9 Å². The SMILES string of the molecule is COc1n[nH]c2cc(OCCNCC(O)c3ccccc3)ccc12. The molecule has 1 heterocycles. The van der Waals surface area contributed by atoms with E-state index in [1.54, 1.807) is 7.11 Å². The zero-order valence-corrected chi connectivity index (χ0v) is 13.5. The summed E-state index contributed by atoms with van der Waals surface area (Å²) >= 11 is 0. The molecule has 126 valence electrons. The predicted octanol–water partition coefficient (Wildman–Crippen LogP) is 2.27. The number of hydrogen-bond acceptors (Lipinski definition) is 5. The molecule has 0 aliphatic carbocycles. The smallest absolute Gasteiger partial charge is 0.240 e. The Morgan fingerprint density at radius 1 is 1.21 bits per heavy atom. The number of rotatable bonds is 8. The highest BCUT2D eigenvalue weighted by atomic mass is 16.5. The maximum atomic E-state index is 10.1. The van der Waals surface area contributed by atoms with E-state index < -0.39 is 6.10 Å². The van der Waals surface area contributed by atoms with Gasteiger partial charge in [0.15, 0.2) is 0 Å². The van der Waals surface area contributed by atoms with Gasteiger partial charge in [0, 0.05) is 19.2 Å². The summed E-state index contributed by atoms with van der Waals surface area (Å²) in [6.07, 6.45) is -0.514. The Hall–Kier alpha value is -2.57. The van der Waals surface area contributed by atoms with Gasteiger partial charge in [-0.1, -0.05) is 30.3 Å². The van der Waals surface area contributed by atoms with Gasteiger partial charge in [-0.2, -0.15) is 0 Å². The Labute approximate surface area is 140 Å². The number of nitrogens with one attached hydrogen (secondary N) is 2. The Balaban J connectivity index is 1.43. The number of aromatic nitrogens is 2. The fourth-order valence-electron chi connectivity index (χ4n) is 2.49. The monoisotopic (exact) mass is 327 g/mol. The van der Waals surface area contributed by atoms with Gasteiger partial charge in [-0.15, -0.1) is 5.10 Å². The number of aliphatic hydroxyl groups is 1. The van der Waals surface area contributed by atoms with E-state index in [4.69, 9.17) is 9.47 Å². The fourth-order valence-corrected chi connectivity index (χ4v) is 2.49. The molecule has 0 saturated heterocycles. The average molecular weight is 327 g/mol. The number of ether oxygens (including phenoxy) is 2. The lowest BCUT2D eigenvalue weighted by atomic mass is 10.1. The van der Waals surface area contributed by atoms with Gasteiger partial charge in [0.2, 0.25) is 5.88 Å². The summed E-state index contributed by atoms with van der Waals surface area (Å²) in [6.45, 7) is 1.65. The van der Waals surface area contributed by atoms with Gasteiger partial charge >= 0.3 is 0 Å². The zero-order valence-electron chi connectivity index (χ0n) is 13.5. The third kappa shape index (κ3) is 3.84. The first-order chi connectivity index (χ1) is 11.8. The van der Waals surface area contributed by atoms with E-state index in [1.807, 2.05) is 48.5 Å². The van der Waals surface area contributed by atoms with Crippen LogP contribution >= 0.6 is 0 Å². The molecule has 2 aromatic carbocycles. The van der Waals surface area contributed by atoms with Crippen LogP contribution in [0.15, 0.2) is 48.5 Å². The minimum atomic E-state index is -0.514. The molecule has 1 atom stereocenters. The molecule has 6 nitrogen and oxygen atoms in total. The Morgan fingerprint density at radius 3 is 2.83 bits per heavy atom. The number of aromatic amines is 1. The van der Waals surface area contributed by atoms with Crippen molar-refractivity contribution in [2.75, 3.05) is 26.8 Å². The van der Waals surface area contributed by atoms with E-state index in [1.165, 1.54) is 0 Å². The molecular weight excluding hydrogens is 306 g/mol. The second-order valence-electron chi connectivity index (χ2n) is 5.42. The number of H-pyrrole nitrogens is 1. The number of hydrogen-bond donors (Lipinski definition) is 3. The van der Waals surface area contributed by atoms with Crippen molar-refractivity contribution in [3.63, 3.8) is 0 Å². The Bertz CT molecular complexity index is 774. The molecule has 1 unspecified atom stereocenters. The maximum Gasteiger partial charge on any atom is 0.240 e. The molecule has 0 fully saturated rings. The molecule has 6 heteroatoms. The van der Waals surface area contributed by atoms with Crippen molar-refractivity contribution in [3.8, 4) is 11.6 Å². The second-order valence-corrected chi connectivity index (χ2v) is 5.42. The van der Waals surface area contributed by atoms with Gasteiger partial charge in [-0.25, -0.2) is 0 Å². The van der Waals surface area contributed by atoms with E-state index in [2.05, 4.69) is 15.5 Å². The highest BCUT2D eigenvalue weighted by Gasteiger charge is 2.07. The summed E-state index contributed by atoms with van der Waals surface area (Å²) in [7, 11) is 1.59. The van der Waals surface area contributed by atoms with E-state index in [0.29, 0.717) is 25.6 Å². The summed E-state index contributed by atoms with van der Waals surface area (Å²) in [4.78, 5) is 0. The number of aliphatic hydroxyl groups excluding tert-OH is 1. The van der Waals surface area contributed by atoms with Crippen molar-refractivity contribution in [2.24, 2.45) is 0 Å². The third-order valence-electron chi connectivity index (χ3n) is 3.76. The van der Waals surface area contributed by atoms with Crippen molar-refractivity contribution in [2.45, 2.75) is 6.10 Å². The highest BCUT2D eigenvalue weighted by Crippen LogP contribution is 2.25. The van der Waals surface area contributed by atoms with E-state index in [0.717, 1.165) is 22.2 Å². The van der Waals surface area contributed by atoms with E-state index in [-0.39, 0.29) is 0 Å². The predicted molar refractivity (Wildman–Crippen MR) is 92.4 cm³/mol. The molecule has 0 aliphatic rings. The molecule has 0 aliphatic heterocycles.